The van der Waals surface area contributed by atoms with Crippen LogP contribution in [0.25, 0.3) is 0 Å². The number of ketones is 2. The molecule has 2 nitrogen and oxygen atoms in total. The number of carbonyl (C=O) groups is 2. The van der Waals surface area contributed by atoms with Crippen molar-refractivity contribution in [3.8, 4) is 0 Å². The van der Waals surface area contributed by atoms with Crippen molar-refractivity contribution >= 4 is 11.6 Å². The van der Waals surface area contributed by atoms with Gasteiger partial charge in [0.25, 0.3) is 0 Å². The minimum absolute atomic E-state index is 0.00956. The molecule has 0 bridgehead atoms. The predicted molar refractivity (Wildman–Crippen MR) is 48.1 cm³/mol. The van der Waals surface area contributed by atoms with Gasteiger partial charge < -0.3 is 0 Å². The number of carbonyl (C=O) groups excluding carboxylic acids is 2. The van der Waals surface area contributed by atoms with E-state index in [4.69, 9.17) is 0 Å². The maximum absolute atomic E-state index is 11.5. The standard InChI is InChI=1S/C10H17O2.Ru/c1-7(2)8(11)6-9(12)10(3,4)5;/h6H2,1-5H3;. The molecule has 0 aliphatic carbocycles. The third-order valence-corrected chi connectivity index (χ3v) is 2.30. The van der Waals surface area contributed by atoms with Crippen molar-refractivity contribution in [2.45, 2.75) is 45.0 Å². The van der Waals surface area contributed by atoms with Crippen LogP contribution in [-0.4, -0.2) is 11.6 Å². The van der Waals surface area contributed by atoms with Crippen LogP contribution in [0.4, 0.5) is 0 Å². The van der Waals surface area contributed by atoms with Gasteiger partial charge in [0.15, 0.2) is 0 Å². The molecule has 0 aromatic carbocycles. The molecule has 0 rings (SSSR count). The van der Waals surface area contributed by atoms with E-state index >= 15 is 0 Å². The Bertz CT molecular complexity index is 194. The van der Waals surface area contributed by atoms with Crippen LogP contribution in [0.5, 0.6) is 0 Å². The zero-order valence-electron chi connectivity index (χ0n) is 8.88. The summed E-state index contributed by atoms with van der Waals surface area (Å²) in [6.07, 6.45) is 0.0450. The summed E-state index contributed by atoms with van der Waals surface area (Å²) in [6, 6.07) is 0. The second-order valence-corrected chi connectivity index (χ2v) is 6.89. The zero-order valence-corrected chi connectivity index (χ0v) is 10.6. The van der Waals surface area contributed by atoms with Crippen LogP contribution >= 0.6 is 0 Å². The first-order chi connectivity index (χ1) is 5.55. The molecule has 0 heterocycles. The third kappa shape index (κ3) is 4.66. The number of rotatable bonds is 3. The topological polar surface area (TPSA) is 34.1 Å². The van der Waals surface area contributed by atoms with Crippen LogP contribution in [0.15, 0.2) is 0 Å². The van der Waals surface area contributed by atoms with Crippen molar-refractivity contribution in [2.75, 3.05) is 0 Å². The fraction of sp³-hybridized carbons (Fsp3) is 0.800. The molecule has 0 radical (unpaired) electrons. The van der Waals surface area contributed by atoms with Gasteiger partial charge in [0.05, 0.1) is 0 Å². The molecule has 3 heteroatoms. The summed E-state index contributed by atoms with van der Waals surface area (Å²) in [5, 5.41) is 0. The second kappa shape index (κ2) is 4.00. The van der Waals surface area contributed by atoms with Gasteiger partial charge in [-0.05, 0) is 0 Å². The molecule has 0 aromatic rings. The van der Waals surface area contributed by atoms with Crippen molar-refractivity contribution in [1.82, 2.24) is 0 Å². The Morgan fingerprint density at radius 1 is 1.00 bits per heavy atom. The summed E-state index contributed by atoms with van der Waals surface area (Å²) in [5.41, 5.74) is -0.410. The summed E-state index contributed by atoms with van der Waals surface area (Å²) in [7, 11) is 0. The van der Waals surface area contributed by atoms with Gasteiger partial charge >= 0.3 is 89.9 Å². The Kier molecular flexibility index (Phi) is 3.99. The van der Waals surface area contributed by atoms with E-state index in [1.165, 1.54) is 0 Å². The molecule has 0 aliphatic rings. The second-order valence-electron chi connectivity index (χ2n) is 4.72. The third-order valence-electron chi connectivity index (χ3n) is 1.81. The van der Waals surface area contributed by atoms with Gasteiger partial charge in [0.1, 0.15) is 0 Å². The molecule has 13 heavy (non-hydrogen) atoms. The Hall–Kier alpha value is -0.0366. The Labute approximate surface area is 90.1 Å². The van der Waals surface area contributed by atoms with Crippen LogP contribution in [0, 0.1) is 5.41 Å². The first kappa shape index (κ1) is 13.0. The van der Waals surface area contributed by atoms with Crippen LogP contribution in [0.2, 0.25) is 4.01 Å². The first-order valence-electron chi connectivity index (χ1n) is 4.29. The van der Waals surface area contributed by atoms with Crippen LogP contribution in [-0.2, 0) is 27.9 Å². The fourth-order valence-electron chi connectivity index (χ4n) is 0.619. The Morgan fingerprint density at radius 3 is 1.62 bits per heavy atom. The molecule has 0 N–H and O–H groups in total. The summed E-state index contributed by atoms with van der Waals surface area (Å²) < 4.78 is -0.472. The molecule has 0 saturated heterocycles. The molecule has 0 aromatic heterocycles. The molecule has 0 aliphatic heterocycles. The van der Waals surface area contributed by atoms with Crippen molar-refractivity contribution in [1.29, 1.82) is 0 Å². The molecule has 0 unspecified atom stereocenters. The van der Waals surface area contributed by atoms with Gasteiger partial charge in [-0.25, -0.2) is 0 Å². The maximum atomic E-state index is 11.5. The van der Waals surface area contributed by atoms with Crippen molar-refractivity contribution < 1.29 is 27.9 Å². The average molecular weight is 270 g/mol. The fourth-order valence-corrected chi connectivity index (χ4v) is 0.773. The Morgan fingerprint density at radius 2 is 1.38 bits per heavy atom. The minimum atomic E-state index is -0.472. The van der Waals surface area contributed by atoms with Crippen LogP contribution in [0.3, 0.4) is 0 Å². The van der Waals surface area contributed by atoms with Gasteiger partial charge in [0.2, 0.25) is 0 Å². The molecular weight excluding hydrogens is 253 g/mol. The van der Waals surface area contributed by atoms with Gasteiger partial charge in [-0.15, -0.1) is 0 Å². The normalized spacial score (nSPS) is 12.8. The average Bonchev–Trinajstić information content (AvgIpc) is 1.82. The Balaban J connectivity index is 4.34. The monoisotopic (exact) mass is 271 g/mol. The van der Waals surface area contributed by atoms with Crippen molar-refractivity contribution in [3.05, 3.63) is 0 Å². The van der Waals surface area contributed by atoms with Crippen LogP contribution < -0.4 is 0 Å². The summed E-state index contributed by atoms with van der Waals surface area (Å²) in [5.74, 6) is -0.000783. The van der Waals surface area contributed by atoms with Crippen LogP contribution in [0.1, 0.15) is 41.0 Å². The summed E-state index contributed by atoms with van der Waals surface area (Å²) in [6.45, 7) is 9.11. The molecule has 77 valence electrons. The van der Waals surface area contributed by atoms with Gasteiger partial charge in [-0.3, -0.25) is 0 Å². The summed E-state index contributed by atoms with van der Waals surface area (Å²) in [4.78, 5) is 23.0. The number of Topliss-reactive ketones (excluding diaryl/α,β-unsaturated/α-hetero) is 2. The van der Waals surface area contributed by atoms with Gasteiger partial charge in [0, 0.05) is 0 Å². The molecule has 0 amide bonds. The van der Waals surface area contributed by atoms with Crippen molar-refractivity contribution in [2.24, 2.45) is 5.41 Å². The number of hydrogen-bond acceptors (Lipinski definition) is 2. The molecule has 0 spiro atoms. The molecule has 0 saturated carbocycles. The summed E-state index contributed by atoms with van der Waals surface area (Å²) >= 11 is 2.36. The predicted octanol–water partition coefficient (Wildman–Crippen LogP) is 2.31. The van der Waals surface area contributed by atoms with E-state index in [1.54, 1.807) is 0 Å². The molecule has 0 atom stereocenters. The van der Waals surface area contributed by atoms with E-state index in [0.717, 1.165) is 0 Å². The van der Waals surface area contributed by atoms with Gasteiger partial charge in [-0.2, -0.15) is 0 Å². The van der Waals surface area contributed by atoms with E-state index in [9.17, 15) is 9.59 Å². The first-order valence-corrected chi connectivity index (χ1v) is 5.16. The van der Waals surface area contributed by atoms with E-state index in [0.29, 0.717) is 0 Å². The van der Waals surface area contributed by atoms with Crippen molar-refractivity contribution in [3.63, 3.8) is 0 Å². The zero-order chi connectivity index (χ0) is 10.9. The van der Waals surface area contributed by atoms with E-state index in [1.807, 2.05) is 34.6 Å². The van der Waals surface area contributed by atoms with E-state index in [-0.39, 0.29) is 18.0 Å². The van der Waals surface area contributed by atoms with Gasteiger partial charge in [-0.1, -0.05) is 0 Å². The van der Waals surface area contributed by atoms with E-state index < -0.39 is 9.42 Å². The quantitative estimate of drug-likeness (QED) is 0.582. The van der Waals surface area contributed by atoms with E-state index in [2.05, 4.69) is 18.3 Å². The SMILES string of the molecule is CC(C)(C)C(=O)CC(=O)[C](C)(C)[Ru]. The molecular formula is C10H17O2Ru. The molecule has 0 fully saturated rings. The number of hydrogen-bond donors (Lipinski definition) is 0.